The molecule has 1 atom stereocenters. The van der Waals surface area contributed by atoms with Crippen molar-refractivity contribution in [2.75, 3.05) is 26.7 Å². The molecule has 0 aliphatic carbocycles. The van der Waals surface area contributed by atoms with E-state index in [1.807, 2.05) is 22.9 Å². The second-order valence-corrected chi connectivity index (χ2v) is 7.80. The number of aryl methyl sites for hydroxylation is 1. The first-order valence-electron chi connectivity index (χ1n) is 9.55. The minimum atomic E-state index is -0.351. The smallest absolute Gasteiger partial charge is 0.230 e. The number of rotatable bonds is 3. The fourth-order valence-electron chi connectivity index (χ4n) is 4.49. The lowest BCUT2D eigenvalue weighted by atomic mass is 9.78. The lowest BCUT2D eigenvalue weighted by Gasteiger charge is -2.37. The fraction of sp³-hybridized carbons (Fsp3) is 0.524. The zero-order chi connectivity index (χ0) is 18.3. The maximum absolute atomic E-state index is 12.9. The van der Waals surface area contributed by atoms with Gasteiger partial charge in [0.25, 0.3) is 0 Å². The summed E-state index contributed by atoms with van der Waals surface area (Å²) >= 11 is 0. The first-order valence-corrected chi connectivity index (χ1v) is 9.55. The van der Waals surface area contributed by atoms with Gasteiger partial charge in [0.15, 0.2) is 0 Å². The molecule has 2 aliphatic heterocycles. The Hall–Kier alpha value is -2.30. The number of piperidine rings is 1. The number of nitrogens with zero attached hydrogens (tertiary/aromatic N) is 2. The molecule has 0 unspecified atom stereocenters. The molecule has 0 N–H and O–H groups in total. The third-order valence-electron chi connectivity index (χ3n) is 6.12. The van der Waals surface area contributed by atoms with E-state index in [0.29, 0.717) is 19.5 Å². The summed E-state index contributed by atoms with van der Waals surface area (Å²) in [6.45, 7) is 4.18. The molecule has 1 spiro atoms. The SMILES string of the molecule is CCc1ccc2occ(CC(=O)N3CC[C@@]4(CCCN(C)C4=O)C3)c2c1. The Bertz CT molecular complexity index is 856. The van der Waals surface area contributed by atoms with Crippen LogP contribution in [0.2, 0.25) is 0 Å². The molecular weight excluding hydrogens is 328 g/mol. The number of furan rings is 1. The van der Waals surface area contributed by atoms with Crippen LogP contribution in [0.1, 0.15) is 37.3 Å². The number of carbonyl (C=O) groups is 2. The maximum atomic E-state index is 12.9. The average molecular weight is 354 g/mol. The first-order chi connectivity index (χ1) is 12.5. The summed E-state index contributed by atoms with van der Waals surface area (Å²) in [4.78, 5) is 29.2. The van der Waals surface area contributed by atoms with Gasteiger partial charge in [-0.15, -0.1) is 0 Å². The fourth-order valence-corrected chi connectivity index (χ4v) is 4.49. The van der Waals surface area contributed by atoms with Gasteiger partial charge in [0, 0.05) is 37.6 Å². The van der Waals surface area contributed by atoms with E-state index >= 15 is 0 Å². The van der Waals surface area contributed by atoms with Gasteiger partial charge < -0.3 is 14.2 Å². The summed E-state index contributed by atoms with van der Waals surface area (Å²) < 4.78 is 5.62. The third-order valence-corrected chi connectivity index (χ3v) is 6.12. The highest BCUT2D eigenvalue weighted by Gasteiger charge is 2.48. The Labute approximate surface area is 153 Å². The van der Waals surface area contributed by atoms with E-state index < -0.39 is 0 Å². The molecule has 0 radical (unpaired) electrons. The number of carbonyl (C=O) groups excluding carboxylic acids is 2. The molecular formula is C21H26N2O3. The summed E-state index contributed by atoms with van der Waals surface area (Å²) in [6.07, 6.45) is 5.70. The highest BCUT2D eigenvalue weighted by molar-refractivity contribution is 5.89. The van der Waals surface area contributed by atoms with Gasteiger partial charge in [-0.3, -0.25) is 9.59 Å². The van der Waals surface area contributed by atoms with Crippen molar-refractivity contribution in [2.24, 2.45) is 5.41 Å². The molecule has 1 aromatic heterocycles. The minimum absolute atomic E-state index is 0.0903. The summed E-state index contributed by atoms with van der Waals surface area (Å²) in [6, 6.07) is 6.16. The van der Waals surface area contributed by atoms with Crippen LogP contribution in [0.5, 0.6) is 0 Å². The van der Waals surface area contributed by atoms with Gasteiger partial charge in [-0.1, -0.05) is 13.0 Å². The van der Waals surface area contributed by atoms with Crippen LogP contribution in [0.15, 0.2) is 28.9 Å². The van der Waals surface area contributed by atoms with Crippen molar-refractivity contribution in [1.82, 2.24) is 9.80 Å². The first kappa shape index (κ1) is 17.1. The predicted octanol–water partition coefficient (Wildman–Crippen LogP) is 3.01. The van der Waals surface area contributed by atoms with E-state index in [-0.39, 0.29) is 17.2 Å². The van der Waals surface area contributed by atoms with Gasteiger partial charge in [-0.2, -0.15) is 0 Å². The molecule has 4 rings (SSSR count). The number of likely N-dealkylation sites (tertiary alicyclic amines) is 2. The van der Waals surface area contributed by atoms with Crippen LogP contribution in [-0.4, -0.2) is 48.3 Å². The largest absolute Gasteiger partial charge is 0.464 e. The number of fused-ring (bicyclic) bond motifs is 1. The van der Waals surface area contributed by atoms with Crippen LogP contribution in [0.4, 0.5) is 0 Å². The van der Waals surface area contributed by atoms with Crippen LogP contribution in [0, 0.1) is 5.41 Å². The van der Waals surface area contributed by atoms with Crippen molar-refractivity contribution in [1.29, 1.82) is 0 Å². The molecule has 3 heterocycles. The lowest BCUT2D eigenvalue weighted by Crippen LogP contribution is -2.48. The Morgan fingerprint density at radius 1 is 1.27 bits per heavy atom. The molecule has 0 saturated carbocycles. The van der Waals surface area contributed by atoms with E-state index in [2.05, 4.69) is 19.1 Å². The number of amides is 2. The van der Waals surface area contributed by atoms with Gasteiger partial charge in [-0.05, 0) is 43.4 Å². The quantitative estimate of drug-likeness (QED) is 0.851. The zero-order valence-corrected chi connectivity index (χ0v) is 15.6. The van der Waals surface area contributed by atoms with Crippen LogP contribution in [0.25, 0.3) is 11.0 Å². The van der Waals surface area contributed by atoms with Gasteiger partial charge in [0.1, 0.15) is 5.58 Å². The van der Waals surface area contributed by atoms with E-state index in [4.69, 9.17) is 4.42 Å². The molecule has 2 fully saturated rings. The average Bonchev–Trinajstić information content (AvgIpc) is 3.25. The molecule has 2 saturated heterocycles. The van der Waals surface area contributed by atoms with Crippen LogP contribution >= 0.6 is 0 Å². The van der Waals surface area contributed by atoms with Crippen LogP contribution < -0.4 is 0 Å². The third kappa shape index (κ3) is 2.79. The topological polar surface area (TPSA) is 53.8 Å². The van der Waals surface area contributed by atoms with Crippen molar-refractivity contribution in [3.05, 3.63) is 35.6 Å². The highest BCUT2D eigenvalue weighted by Crippen LogP contribution is 2.40. The number of benzene rings is 1. The van der Waals surface area contributed by atoms with Crippen LogP contribution in [0.3, 0.4) is 0 Å². The van der Waals surface area contributed by atoms with Crippen molar-refractivity contribution in [2.45, 2.75) is 39.0 Å². The van der Waals surface area contributed by atoms with E-state index in [1.54, 1.807) is 6.26 Å². The minimum Gasteiger partial charge on any atom is -0.464 e. The van der Waals surface area contributed by atoms with Crippen molar-refractivity contribution < 1.29 is 14.0 Å². The predicted molar refractivity (Wildman–Crippen MR) is 99.8 cm³/mol. The molecule has 5 heteroatoms. The standard InChI is InChI=1S/C21H26N2O3/c1-3-15-5-6-18-17(11-15)16(13-26-18)12-19(24)23-10-8-21(14-23)7-4-9-22(2)20(21)25/h5-6,11,13H,3-4,7-10,12,14H2,1-2H3/t21-/m0/s1. The van der Waals surface area contributed by atoms with Gasteiger partial charge in [-0.25, -0.2) is 0 Å². The molecule has 5 nitrogen and oxygen atoms in total. The molecule has 0 bridgehead atoms. The lowest BCUT2D eigenvalue weighted by molar-refractivity contribution is -0.144. The van der Waals surface area contributed by atoms with Crippen molar-refractivity contribution in [3.8, 4) is 0 Å². The molecule has 2 amide bonds. The van der Waals surface area contributed by atoms with Crippen molar-refractivity contribution >= 4 is 22.8 Å². The molecule has 2 aromatic rings. The Morgan fingerprint density at radius 2 is 2.12 bits per heavy atom. The highest BCUT2D eigenvalue weighted by atomic mass is 16.3. The Morgan fingerprint density at radius 3 is 2.92 bits per heavy atom. The van der Waals surface area contributed by atoms with E-state index in [0.717, 1.165) is 48.8 Å². The van der Waals surface area contributed by atoms with Crippen molar-refractivity contribution in [3.63, 3.8) is 0 Å². The number of hydrogen-bond donors (Lipinski definition) is 0. The maximum Gasteiger partial charge on any atom is 0.230 e. The molecule has 26 heavy (non-hydrogen) atoms. The monoisotopic (exact) mass is 354 g/mol. The second kappa shape index (κ2) is 6.45. The molecule has 1 aromatic carbocycles. The summed E-state index contributed by atoms with van der Waals surface area (Å²) in [5.74, 6) is 0.299. The zero-order valence-electron chi connectivity index (χ0n) is 15.6. The van der Waals surface area contributed by atoms with Gasteiger partial charge in [0.05, 0.1) is 18.1 Å². The summed E-state index contributed by atoms with van der Waals surface area (Å²) in [7, 11) is 1.87. The normalized spacial score (nSPS) is 23.4. The van der Waals surface area contributed by atoms with Gasteiger partial charge in [0.2, 0.25) is 11.8 Å². The molecule has 138 valence electrons. The van der Waals surface area contributed by atoms with E-state index in [1.165, 1.54) is 5.56 Å². The summed E-state index contributed by atoms with van der Waals surface area (Å²) in [5.41, 5.74) is 2.65. The van der Waals surface area contributed by atoms with E-state index in [9.17, 15) is 9.59 Å². The second-order valence-electron chi connectivity index (χ2n) is 7.80. The molecule has 2 aliphatic rings. The van der Waals surface area contributed by atoms with Crippen LogP contribution in [-0.2, 0) is 22.4 Å². The Kier molecular flexibility index (Phi) is 4.25. The Balaban J connectivity index is 1.50. The number of hydrogen-bond acceptors (Lipinski definition) is 3. The van der Waals surface area contributed by atoms with Gasteiger partial charge >= 0.3 is 0 Å². The summed E-state index contributed by atoms with van der Waals surface area (Å²) in [5, 5.41) is 1.03.